The average Bonchev–Trinajstić information content (AvgIpc) is 2.93. The fourth-order valence-corrected chi connectivity index (χ4v) is 3.52. The van der Waals surface area contributed by atoms with Crippen molar-refractivity contribution >= 4 is 5.82 Å². The standard InChI is InChI=1S/C19H25N5O/c1-4-15(12-21-7-1)18-23-17-6-9-20-8-5-16(17)19(24-18)22-11-14-3-2-10-25-13-14/h1,4,7,12,14,20H,2-3,5-6,8-11,13H2,(H,22,23,24). The van der Waals surface area contributed by atoms with Crippen LogP contribution in [0.15, 0.2) is 24.5 Å². The predicted molar refractivity (Wildman–Crippen MR) is 97.6 cm³/mol. The van der Waals surface area contributed by atoms with Crippen LogP contribution >= 0.6 is 0 Å². The predicted octanol–water partition coefficient (Wildman–Crippen LogP) is 2.07. The molecular weight excluding hydrogens is 314 g/mol. The highest BCUT2D eigenvalue weighted by Crippen LogP contribution is 2.25. The minimum Gasteiger partial charge on any atom is -0.381 e. The molecular formula is C19H25N5O. The Morgan fingerprint density at radius 3 is 3.04 bits per heavy atom. The fourth-order valence-electron chi connectivity index (χ4n) is 3.52. The number of nitrogens with one attached hydrogen (secondary N) is 2. The third-order valence-corrected chi connectivity index (χ3v) is 4.92. The molecule has 0 saturated carbocycles. The second kappa shape index (κ2) is 7.89. The number of hydrogen-bond acceptors (Lipinski definition) is 6. The molecule has 2 aliphatic heterocycles. The van der Waals surface area contributed by atoms with Gasteiger partial charge >= 0.3 is 0 Å². The van der Waals surface area contributed by atoms with E-state index < -0.39 is 0 Å². The zero-order chi connectivity index (χ0) is 16.9. The number of anilines is 1. The molecule has 2 N–H and O–H groups in total. The molecule has 0 bridgehead atoms. The molecule has 0 aromatic carbocycles. The van der Waals surface area contributed by atoms with Gasteiger partial charge in [-0.3, -0.25) is 4.98 Å². The van der Waals surface area contributed by atoms with Crippen molar-refractivity contribution in [3.8, 4) is 11.4 Å². The van der Waals surface area contributed by atoms with Crippen LogP contribution in [0.4, 0.5) is 5.82 Å². The van der Waals surface area contributed by atoms with Gasteiger partial charge in [0.2, 0.25) is 0 Å². The molecule has 25 heavy (non-hydrogen) atoms. The van der Waals surface area contributed by atoms with Crippen molar-refractivity contribution in [2.45, 2.75) is 25.7 Å². The monoisotopic (exact) mass is 339 g/mol. The Labute approximate surface area is 148 Å². The molecule has 1 fully saturated rings. The first-order valence-corrected chi connectivity index (χ1v) is 9.22. The summed E-state index contributed by atoms with van der Waals surface area (Å²) < 4.78 is 5.61. The van der Waals surface area contributed by atoms with Gasteiger partial charge in [-0.05, 0) is 43.9 Å². The Hall–Kier alpha value is -2.05. The molecule has 0 radical (unpaired) electrons. The lowest BCUT2D eigenvalue weighted by Crippen LogP contribution is -2.25. The Morgan fingerprint density at radius 1 is 1.24 bits per heavy atom. The van der Waals surface area contributed by atoms with Gasteiger partial charge in [0.25, 0.3) is 0 Å². The molecule has 0 aliphatic carbocycles. The lowest BCUT2D eigenvalue weighted by molar-refractivity contribution is 0.0594. The third-order valence-electron chi connectivity index (χ3n) is 4.92. The molecule has 6 nitrogen and oxygen atoms in total. The molecule has 2 aromatic heterocycles. The van der Waals surface area contributed by atoms with Crippen molar-refractivity contribution < 1.29 is 4.74 Å². The van der Waals surface area contributed by atoms with Gasteiger partial charge in [0.15, 0.2) is 5.82 Å². The van der Waals surface area contributed by atoms with Crippen LogP contribution in [0.5, 0.6) is 0 Å². The van der Waals surface area contributed by atoms with E-state index >= 15 is 0 Å². The first-order valence-electron chi connectivity index (χ1n) is 9.22. The van der Waals surface area contributed by atoms with E-state index in [1.807, 2.05) is 18.3 Å². The number of fused-ring (bicyclic) bond motifs is 1. The van der Waals surface area contributed by atoms with Crippen LogP contribution in [0.3, 0.4) is 0 Å². The third kappa shape index (κ3) is 3.96. The Kier molecular flexibility index (Phi) is 5.18. The van der Waals surface area contributed by atoms with Crippen molar-refractivity contribution in [3.05, 3.63) is 35.8 Å². The van der Waals surface area contributed by atoms with Gasteiger partial charge in [0.1, 0.15) is 5.82 Å². The molecule has 1 atom stereocenters. The van der Waals surface area contributed by atoms with E-state index in [0.717, 1.165) is 75.0 Å². The van der Waals surface area contributed by atoms with Crippen molar-refractivity contribution in [1.82, 2.24) is 20.3 Å². The van der Waals surface area contributed by atoms with E-state index in [9.17, 15) is 0 Å². The van der Waals surface area contributed by atoms with Crippen molar-refractivity contribution in [3.63, 3.8) is 0 Å². The highest BCUT2D eigenvalue weighted by molar-refractivity contribution is 5.59. The minimum absolute atomic E-state index is 0.560. The number of nitrogens with zero attached hydrogens (tertiary/aromatic N) is 3. The summed E-state index contributed by atoms with van der Waals surface area (Å²) in [6.07, 6.45) is 7.88. The van der Waals surface area contributed by atoms with E-state index in [1.165, 1.54) is 12.0 Å². The number of rotatable bonds is 4. The second-order valence-corrected chi connectivity index (χ2v) is 6.78. The minimum atomic E-state index is 0.560. The maximum atomic E-state index is 5.61. The van der Waals surface area contributed by atoms with Crippen molar-refractivity contribution in [2.75, 3.05) is 38.2 Å². The molecule has 2 aliphatic rings. The first-order chi connectivity index (χ1) is 12.4. The quantitative estimate of drug-likeness (QED) is 0.888. The smallest absolute Gasteiger partial charge is 0.163 e. The molecule has 6 heteroatoms. The summed E-state index contributed by atoms with van der Waals surface area (Å²) in [5.41, 5.74) is 3.38. The molecule has 132 valence electrons. The lowest BCUT2D eigenvalue weighted by atomic mass is 10.0. The van der Waals surface area contributed by atoms with Crippen LogP contribution in [-0.4, -0.2) is 47.8 Å². The summed E-state index contributed by atoms with van der Waals surface area (Å²) in [6.45, 7) is 4.59. The van der Waals surface area contributed by atoms with Gasteiger partial charge < -0.3 is 15.4 Å². The van der Waals surface area contributed by atoms with Gasteiger partial charge in [-0.1, -0.05) is 0 Å². The van der Waals surface area contributed by atoms with Gasteiger partial charge in [-0.25, -0.2) is 9.97 Å². The molecule has 0 spiro atoms. The van der Waals surface area contributed by atoms with Crippen molar-refractivity contribution in [2.24, 2.45) is 5.92 Å². The molecule has 1 saturated heterocycles. The molecule has 2 aromatic rings. The van der Waals surface area contributed by atoms with Crippen LogP contribution in [0.25, 0.3) is 11.4 Å². The van der Waals surface area contributed by atoms with E-state index in [0.29, 0.717) is 5.92 Å². The van der Waals surface area contributed by atoms with Crippen LogP contribution in [-0.2, 0) is 17.6 Å². The summed E-state index contributed by atoms with van der Waals surface area (Å²) in [4.78, 5) is 13.9. The van der Waals surface area contributed by atoms with E-state index in [4.69, 9.17) is 14.7 Å². The average molecular weight is 339 g/mol. The van der Waals surface area contributed by atoms with Gasteiger partial charge in [-0.15, -0.1) is 0 Å². The topological polar surface area (TPSA) is 72.0 Å². The molecule has 0 amide bonds. The highest BCUT2D eigenvalue weighted by Gasteiger charge is 2.19. The van der Waals surface area contributed by atoms with Gasteiger partial charge in [-0.2, -0.15) is 0 Å². The number of ether oxygens (including phenoxy) is 1. The number of aromatic nitrogens is 3. The normalized spacial score (nSPS) is 20.6. The fraction of sp³-hybridized carbons (Fsp3) is 0.526. The molecule has 1 unspecified atom stereocenters. The van der Waals surface area contributed by atoms with Gasteiger partial charge in [0, 0.05) is 49.6 Å². The Bertz CT molecular complexity index is 700. The van der Waals surface area contributed by atoms with Crippen LogP contribution in [0.2, 0.25) is 0 Å². The number of hydrogen-bond donors (Lipinski definition) is 2. The van der Waals surface area contributed by atoms with E-state index in [1.54, 1.807) is 6.20 Å². The van der Waals surface area contributed by atoms with Crippen molar-refractivity contribution in [1.29, 1.82) is 0 Å². The summed E-state index contributed by atoms with van der Waals surface area (Å²) in [6, 6.07) is 3.95. The van der Waals surface area contributed by atoms with E-state index in [2.05, 4.69) is 15.6 Å². The van der Waals surface area contributed by atoms with Gasteiger partial charge in [0.05, 0.1) is 12.3 Å². The molecule has 4 rings (SSSR count). The maximum Gasteiger partial charge on any atom is 0.163 e. The largest absolute Gasteiger partial charge is 0.381 e. The summed E-state index contributed by atoms with van der Waals surface area (Å²) in [5.74, 6) is 2.30. The Balaban J connectivity index is 1.62. The summed E-state index contributed by atoms with van der Waals surface area (Å²) in [5, 5.41) is 7.06. The summed E-state index contributed by atoms with van der Waals surface area (Å²) in [7, 11) is 0. The summed E-state index contributed by atoms with van der Waals surface area (Å²) >= 11 is 0. The van der Waals surface area contributed by atoms with Crippen LogP contribution < -0.4 is 10.6 Å². The zero-order valence-electron chi connectivity index (χ0n) is 14.5. The SMILES string of the molecule is c1cncc(-c2nc3c(c(NCC4CCCOC4)n2)CCNCC3)c1. The van der Waals surface area contributed by atoms with Crippen LogP contribution in [0.1, 0.15) is 24.1 Å². The lowest BCUT2D eigenvalue weighted by Gasteiger charge is -2.23. The zero-order valence-corrected chi connectivity index (χ0v) is 14.5. The van der Waals surface area contributed by atoms with E-state index in [-0.39, 0.29) is 0 Å². The maximum absolute atomic E-state index is 5.61. The molecule has 4 heterocycles. The Morgan fingerprint density at radius 2 is 2.20 bits per heavy atom. The highest BCUT2D eigenvalue weighted by atomic mass is 16.5. The van der Waals surface area contributed by atoms with Crippen LogP contribution in [0, 0.1) is 5.92 Å². The first kappa shape index (κ1) is 16.4. The second-order valence-electron chi connectivity index (χ2n) is 6.78. The number of pyridine rings is 1.